The molecule has 1 heterocycles. The molecule has 1 aromatic rings. The van der Waals surface area contributed by atoms with Gasteiger partial charge in [-0.05, 0) is 13.0 Å². The molecular weight excluding hydrogens is 168 g/mol. The van der Waals surface area contributed by atoms with Crippen LogP contribution in [0.4, 0.5) is 0 Å². The fraction of sp³-hybridized carbons (Fsp3) is 0.375. The van der Waals surface area contributed by atoms with Gasteiger partial charge in [0.1, 0.15) is 0 Å². The van der Waals surface area contributed by atoms with Crippen molar-refractivity contribution in [1.29, 1.82) is 0 Å². The standard InChI is InChI=1S/C8H12N4O/c1-6(4-9)12-8(13)7-2-3-10-11-5-7/h2-3,5-6H,4,9H2,1H3,(H,12,13)/t6-/m1/s1. The minimum Gasteiger partial charge on any atom is -0.348 e. The Labute approximate surface area is 76.4 Å². The van der Waals surface area contributed by atoms with Gasteiger partial charge in [0.25, 0.3) is 5.91 Å². The second-order valence-corrected chi connectivity index (χ2v) is 2.74. The van der Waals surface area contributed by atoms with Crippen molar-refractivity contribution >= 4 is 5.91 Å². The van der Waals surface area contributed by atoms with E-state index in [0.29, 0.717) is 12.1 Å². The largest absolute Gasteiger partial charge is 0.348 e. The maximum atomic E-state index is 11.4. The van der Waals surface area contributed by atoms with Crippen molar-refractivity contribution < 1.29 is 4.79 Å². The van der Waals surface area contributed by atoms with Crippen molar-refractivity contribution in [2.24, 2.45) is 5.73 Å². The van der Waals surface area contributed by atoms with Crippen molar-refractivity contribution in [2.45, 2.75) is 13.0 Å². The predicted molar refractivity (Wildman–Crippen MR) is 48.0 cm³/mol. The average molecular weight is 180 g/mol. The summed E-state index contributed by atoms with van der Waals surface area (Å²) in [6.07, 6.45) is 2.89. The van der Waals surface area contributed by atoms with Crippen molar-refractivity contribution in [1.82, 2.24) is 15.5 Å². The van der Waals surface area contributed by atoms with Crippen LogP contribution in [-0.2, 0) is 0 Å². The maximum Gasteiger partial charge on any atom is 0.253 e. The molecule has 0 aromatic carbocycles. The van der Waals surface area contributed by atoms with Gasteiger partial charge in [-0.15, -0.1) is 0 Å². The van der Waals surface area contributed by atoms with Gasteiger partial charge in [-0.25, -0.2) is 0 Å². The van der Waals surface area contributed by atoms with Gasteiger partial charge in [-0.1, -0.05) is 0 Å². The lowest BCUT2D eigenvalue weighted by molar-refractivity contribution is 0.0940. The Morgan fingerprint density at radius 1 is 1.69 bits per heavy atom. The van der Waals surface area contributed by atoms with E-state index >= 15 is 0 Å². The first-order chi connectivity index (χ1) is 6.24. The Balaban J connectivity index is 2.59. The molecule has 1 rings (SSSR count). The van der Waals surface area contributed by atoms with E-state index in [9.17, 15) is 4.79 Å². The Bertz CT molecular complexity index is 275. The van der Waals surface area contributed by atoms with E-state index in [0.717, 1.165) is 0 Å². The zero-order chi connectivity index (χ0) is 9.68. The first-order valence-electron chi connectivity index (χ1n) is 4.01. The molecule has 1 aromatic heterocycles. The van der Waals surface area contributed by atoms with Gasteiger partial charge in [0.2, 0.25) is 0 Å². The number of nitrogens with zero attached hydrogens (tertiary/aromatic N) is 2. The minimum atomic E-state index is -0.173. The number of hydrogen-bond donors (Lipinski definition) is 2. The van der Waals surface area contributed by atoms with E-state index in [1.807, 2.05) is 6.92 Å². The third-order valence-electron chi connectivity index (χ3n) is 1.58. The van der Waals surface area contributed by atoms with Crippen molar-refractivity contribution in [3.8, 4) is 0 Å². The fourth-order valence-electron chi connectivity index (χ4n) is 0.791. The van der Waals surface area contributed by atoms with Crippen LogP contribution in [-0.4, -0.2) is 28.7 Å². The molecule has 70 valence electrons. The van der Waals surface area contributed by atoms with Gasteiger partial charge >= 0.3 is 0 Å². The summed E-state index contributed by atoms with van der Waals surface area (Å²) >= 11 is 0. The third kappa shape index (κ3) is 2.79. The summed E-state index contributed by atoms with van der Waals surface area (Å²) in [5.74, 6) is -0.173. The topological polar surface area (TPSA) is 80.9 Å². The zero-order valence-corrected chi connectivity index (χ0v) is 7.40. The van der Waals surface area contributed by atoms with Gasteiger partial charge in [0.15, 0.2) is 0 Å². The lowest BCUT2D eigenvalue weighted by Crippen LogP contribution is -2.37. The van der Waals surface area contributed by atoms with Crippen LogP contribution in [0.25, 0.3) is 0 Å². The van der Waals surface area contributed by atoms with Crippen LogP contribution in [0.3, 0.4) is 0 Å². The molecule has 0 bridgehead atoms. The second-order valence-electron chi connectivity index (χ2n) is 2.74. The molecule has 3 N–H and O–H groups in total. The highest BCUT2D eigenvalue weighted by atomic mass is 16.1. The van der Waals surface area contributed by atoms with Gasteiger partial charge in [-0.2, -0.15) is 10.2 Å². The van der Waals surface area contributed by atoms with E-state index in [1.165, 1.54) is 12.4 Å². The molecule has 0 aliphatic carbocycles. The molecule has 1 amide bonds. The van der Waals surface area contributed by atoms with Crippen LogP contribution in [0.15, 0.2) is 18.5 Å². The molecule has 0 spiro atoms. The number of amides is 1. The quantitative estimate of drug-likeness (QED) is 0.660. The number of carbonyl (C=O) groups is 1. The molecule has 0 saturated carbocycles. The Kier molecular flexibility index (Phi) is 3.33. The highest BCUT2D eigenvalue weighted by Gasteiger charge is 2.07. The number of carbonyl (C=O) groups excluding carboxylic acids is 1. The van der Waals surface area contributed by atoms with Crippen LogP contribution in [0.1, 0.15) is 17.3 Å². The van der Waals surface area contributed by atoms with E-state index in [1.54, 1.807) is 6.07 Å². The maximum absolute atomic E-state index is 11.4. The van der Waals surface area contributed by atoms with E-state index < -0.39 is 0 Å². The molecule has 0 aliphatic heterocycles. The number of nitrogens with one attached hydrogen (secondary N) is 1. The first-order valence-corrected chi connectivity index (χ1v) is 4.01. The first kappa shape index (κ1) is 9.60. The molecule has 5 heteroatoms. The molecule has 0 aliphatic rings. The van der Waals surface area contributed by atoms with Crippen LogP contribution < -0.4 is 11.1 Å². The van der Waals surface area contributed by atoms with Crippen LogP contribution >= 0.6 is 0 Å². The number of rotatable bonds is 3. The lowest BCUT2D eigenvalue weighted by Gasteiger charge is -2.10. The summed E-state index contributed by atoms with van der Waals surface area (Å²) in [6.45, 7) is 2.26. The average Bonchev–Trinajstić information content (AvgIpc) is 2.19. The van der Waals surface area contributed by atoms with E-state index in [2.05, 4.69) is 15.5 Å². The van der Waals surface area contributed by atoms with Crippen LogP contribution in [0.2, 0.25) is 0 Å². The third-order valence-corrected chi connectivity index (χ3v) is 1.58. The van der Waals surface area contributed by atoms with Crippen LogP contribution in [0.5, 0.6) is 0 Å². The summed E-state index contributed by atoms with van der Waals surface area (Å²) in [4.78, 5) is 11.4. The highest BCUT2D eigenvalue weighted by Crippen LogP contribution is 1.93. The summed E-state index contributed by atoms with van der Waals surface area (Å²) in [7, 11) is 0. The molecule has 1 atom stereocenters. The van der Waals surface area contributed by atoms with Gasteiger partial charge < -0.3 is 11.1 Å². The van der Waals surface area contributed by atoms with Crippen molar-refractivity contribution in [3.63, 3.8) is 0 Å². The normalized spacial score (nSPS) is 12.2. The van der Waals surface area contributed by atoms with Crippen molar-refractivity contribution in [2.75, 3.05) is 6.54 Å². The summed E-state index contributed by atoms with van der Waals surface area (Å²) in [6, 6.07) is 1.58. The number of nitrogens with two attached hydrogens (primary N) is 1. The Morgan fingerprint density at radius 3 is 3.00 bits per heavy atom. The molecule has 0 fully saturated rings. The number of hydrogen-bond acceptors (Lipinski definition) is 4. The zero-order valence-electron chi connectivity index (χ0n) is 7.40. The Morgan fingerprint density at radius 2 is 2.46 bits per heavy atom. The minimum absolute atomic E-state index is 0.0272. The van der Waals surface area contributed by atoms with Gasteiger partial charge in [0.05, 0.1) is 18.0 Å². The molecule has 0 radical (unpaired) electrons. The van der Waals surface area contributed by atoms with Crippen molar-refractivity contribution in [3.05, 3.63) is 24.0 Å². The molecule has 5 nitrogen and oxygen atoms in total. The summed E-state index contributed by atoms with van der Waals surface area (Å²) < 4.78 is 0. The molecule has 0 saturated heterocycles. The monoisotopic (exact) mass is 180 g/mol. The van der Waals surface area contributed by atoms with E-state index in [4.69, 9.17) is 5.73 Å². The summed E-state index contributed by atoms with van der Waals surface area (Å²) in [5.41, 5.74) is 5.85. The molecular formula is C8H12N4O. The number of aromatic nitrogens is 2. The highest BCUT2D eigenvalue weighted by molar-refractivity contribution is 5.93. The Hall–Kier alpha value is -1.49. The van der Waals surface area contributed by atoms with Gasteiger partial charge in [0, 0.05) is 12.6 Å². The second kappa shape index (κ2) is 4.51. The predicted octanol–water partition coefficient (Wildman–Crippen LogP) is -0.446. The lowest BCUT2D eigenvalue weighted by atomic mass is 10.2. The molecule has 13 heavy (non-hydrogen) atoms. The molecule has 0 unspecified atom stereocenters. The fourth-order valence-corrected chi connectivity index (χ4v) is 0.791. The smallest absolute Gasteiger partial charge is 0.253 e. The van der Waals surface area contributed by atoms with Crippen LogP contribution in [0, 0.1) is 0 Å². The summed E-state index contributed by atoms with van der Waals surface area (Å²) in [5, 5.41) is 9.88. The van der Waals surface area contributed by atoms with E-state index in [-0.39, 0.29) is 11.9 Å². The van der Waals surface area contributed by atoms with Gasteiger partial charge in [-0.3, -0.25) is 4.79 Å². The SMILES string of the molecule is C[C@H](CN)NC(=O)c1ccnnc1.